The van der Waals surface area contributed by atoms with Crippen LogP contribution in [0, 0.1) is 0 Å². The number of ether oxygens (including phenoxy) is 2. The number of halogens is 2. The molecule has 2 unspecified atom stereocenters. The van der Waals surface area contributed by atoms with Crippen molar-refractivity contribution in [3.63, 3.8) is 0 Å². The van der Waals surface area contributed by atoms with Gasteiger partial charge in [-0.05, 0) is 23.3 Å². The molecule has 2 atom stereocenters. The second kappa shape index (κ2) is 12.7. The molecule has 1 aliphatic rings. The minimum absolute atomic E-state index is 0. The van der Waals surface area contributed by atoms with Gasteiger partial charge in [0.1, 0.15) is 11.8 Å². The second-order valence-corrected chi connectivity index (χ2v) is 6.57. The highest BCUT2D eigenvalue weighted by Crippen LogP contribution is 2.24. The summed E-state index contributed by atoms with van der Waals surface area (Å²) in [5.74, 6) is 0.641. The molecule has 0 aliphatic carbocycles. The summed E-state index contributed by atoms with van der Waals surface area (Å²) in [6, 6.07) is 16.8. The first kappa shape index (κ1) is 25.2. The van der Waals surface area contributed by atoms with E-state index in [9.17, 15) is 4.79 Å². The minimum Gasteiger partial charge on any atom is -0.497 e. The van der Waals surface area contributed by atoms with Gasteiger partial charge in [-0.2, -0.15) is 0 Å². The topological polar surface area (TPSA) is 76.8 Å². The van der Waals surface area contributed by atoms with E-state index in [1.807, 2.05) is 54.6 Å². The lowest BCUT2D eigenvalue weighted by molar-refractivity contribution is -0.122. The van der Waals surface area contributed by atoms with Crippen LogP contribution in [0.1, 0.15) is 23.2 Å². The molecule has 2 aromatic rings. The smallest absolute Gasteiger partial charge is 0.241 e. The summed E-state index contributed by atoms with van der Waals surface area (Å²) in [5.41, 5.74) is 8.06. The van der Waals surface area contributed by atoms with Crippen molar-refractivity contribution in [2.45, 2.75) is 12.1 Å². The number of hydrogen-bond acceptors (Lipinski definition) is 5. The summed E-state index contributed by atoms with van der Waals surface area (Å²) in [4.78, 5) is 14.9. The number of nitrogens with two attached hydrogens (primary N) is 1. The van der Waals surface area contributed by atoms with Gasteiger partial charge < -0.3 is 20.5 Å². The average molecular weight is 442 g/mol. The normalized spacial score (nSPS) is 15.9. The van der Waals surface area contributed by atoms with Crippen LogP contribution in [0.15, 0.2) is 54.6 Å². The van der Waals surface area contributed by atoms with Gasteiger partial charge in [-0.25, -0.2) is 0 Å². The summed E-state index contributed by atoms with van der Waals surface area (Å²) < 4.78 is 10.7. The van der Waals surface area contributed by atoms with E-state index in [4.69, 9.17) is 15.2 Å². The van der Waals surface area contributed by atoms with Gasteiger partial charge in [0.25, 0.3) is 0 Å². The van der Waals surface area contributed by atoms with Crippen molar-refractivity contribution in [2.24, 2.45) is 5.73 Å². The number of rotatable bonds is 7. The molecule has 0 spiro atoms. The standard InChI is InChI=1S/C21H27N3O3.2ClH/c1-26-18-9-7-16(8-10-18)19(24-11-13-27-14-12-24)15-23-21(25)20(22)17-5-3-2-4-6-17;;/h2-10,19-20H,11-15,22H2,1H3,(H,23,25);2*1H. The van der Waals surface area contributed by atoms with E-state index in [0.717, 1.165) is 30.0 Å². The Morgan fingerprint density at radius 3 is 2.28 bits per heavy atom. The molecule has 1 heterocycles. The molecule has 1 aliphatic heterocycles. The molecular weight excluding hydrogens is 413 g/mol. The van der Waals surface area contributed by atoms with Gasteiger partial charge in [-0.1, -0.05) is 42.5 Å². The van der Waals surface area contributed by atoms with Crippen LogP contribution in [0.25, 0.3) is 0 Å². The molecule has 0 saturated carbocycles. The van der Waals surface area contributed by atoms with Crippen molar-refractivity contribution in [3.05, 3.63) is 65.7 Å². The van der Waals surface area contributed by atoms with Crippen LogP contribution in [0.3, 0.4) is 0 Å². The zero-order valence-corrected chi connectivity index (χ0v) is 18.1. The molecule has 0 aromatic heterocycles. The summed E-state index contributed by atoms with van der Waals surface area (Å²) in [7, 11) is 1.65. The molecule has 1 saturated heterocycles. The summed E-state index contributed by atoms with van der Waals surface area (Å²) >= 11 is 0. The van der Waals surface area contributed by atoms with Crippen molar-refractivity contribution < 1.29 is 14.3 Å². The predicted molar refractivity (Wildman–Crippen MR) is 119 cm³/mol. The van der Waals surface area contributed by atoms with E-state index in [1.54, 1.807) is 7.11 Å². The van der Waals surface area contributed by atoms with Crippen molar-refractivity contribution in [2.75, 3.05) is 40.0 Å². The first-order valence-electron chi connectivity index (χ1n) is 9.23. The molecule has 3 rings (SSSR count). The van der Waals surface area contributed by atoms with E-state index in [-0.39, 0.29) is 36.8 Å². The number of nitrogens with zero attached hydrogens (tertiary/aromatic N) is 1. The van der Waals surface area contributed by atoms with Gasteiger partial charge in [0.15, 0.2) is 0 Å². The third kappa shape index (κ3) is 6.87. The van der Waals surface area contributed by atoms with Crippen LogP contribution >= 0.6 is 24.8 Å². The largest absolute Gasteiger partial charge is 0.497 e. The van der Waals surface area contributed by atoms with Crippen molar-refractivity contribution in [3.8, 4) is 5.75 Å². The van der Waals surface area contributed by atoms with Crippen LogP contribution in [-0.2, 0) is 9.53 Å². The number of nitrogens with one attached hydrogen (secondary N) is 1. The van der Waals surface area contributed by atoms with Crippen molar-refractivity contribution in [1.82, 2.24) is 10.2 Å². The van der Waals surface area contributed by atoms with Crippen LogP contribution in [0.5, 0.6) is 5.75 Å². The highest BCUT2D eigenvalue weighted by atomic mass is 35.5. The molecule has 0 bridgehead atoms. The Balaban J connectivity index is 0.00000210. The molecule has 1 fully saturated rings. The minimum atomic E-state index is -0.674. The number of methoxy groups -OCH3 is 1. The lowest BCUT2D eigenvalue weighted by Crippen LogP contribution is -2.45. The fourth-order valence-corrected chi connectivity index (χ4v) is 3.29. The Kier molecular flexibility index (Phi) is 11.0. The third-order valence-corrected chi connectivity index (χ3v) is 4.90. The van der Waals surface area contributed by atoms with Gasteiger partial charge in [-0.15, -0.1) is 24.8 Å². The van der Waals surface area contributed by atoms with Gasteiger partial charge in [-0.3, -0.25) is 9.69 Å². The van der Waals surface area contributed by atoms with Gasteiger partial charge >= 0.3 is 0 Å². The molecule has 160 valence electrons. The monoisotopic (exact) mass is 441 g/mol. The van der Waals surface area contributed by atoms with Gasteiger partial charge in [0.2, 0.25) is 5.91 Å². The summed E-state index contributed by atoms with van der Waals surface area (Å²) in [6.07, 6.45) is 0. The fraction of sp³-hybridized carbons (Fsp3) is 0.381. The van der Waals surface area contributed by atoms with Crippen molar-refractivity contribution >= 4 is 30.7 Å². The molecule has 1 amide bonds. The lowest BCUT2D eigenvalue weighted by Gasteiger charge is -2.35. The van der Waals surface area contributed by atoms with E-state index >= 15 is 0 Å². The molecule has 0 radical (unpaired) electrons. The Morgan fingerprint density at radius 1 is 1.07 bits per heavy atom. The molecule has 3 N–H and O–H groups in total. The van der Waals surface area contributed by atoms with Crippen LogP contribution in [-0.4, -0.2) is 50.8 Å². The Hall–Kier alpha value is -1.83. The van der Waals surface area contributed by atoms with Crippen LogP contribution < -0.4 is 15.8 Å². The molecule has 8 heteroatoms. The van der Waals surface area contributed by atoms with Crippen LogP contribution in [0.4, 0.5) is 0 Å². The van der Waals surface area contributed by atoms with E-state index < -0.39 is 6.04 Å². The lowest BCUT2D eigenvalue weighted by atomic mass is 10.0. The molecule has 29 heavy (non-hydrogen) atoms. The second-order valence-electron chi connectivity index (χ2n) is 6.57. The van der Waals surface area contributed by atoms with Crippen LogP contribution in [0.2, 0.25) is 0 Å². The molecule has 2 aromatic carbocycles. The summed E-state index contributed by atoms with van der Waals surface area (Å²) in [6.45, 7) is 3.55. The van der Waals surface area contributed by atoms with E-state index in [0.29, 0.717) is 19.8 Å². The molecule has 6 nitrogen and oxygen atoms in total. The highest BCUT2D eigenvalue weighted by molar-refractivity contribution is 5.85. The zero-order chi connectivity index (χ0) is 19.1. The number of carbonyl (C=O) groups is 1. The number of amides is 1. The first-order valence-corrected chi connectivity index (χ1v) is 9.23. The highest BCUT2D eigenvalue weighted by Gasteiger charge is 2.24. The quantitative estimate of drug-likeness (QED) is 0.690. The Bertz CT molecular complexity index is 726. The fourth-order valence-electron chi connectivity index (χ4n) is 3.29. The first-order chi connectivity index (χ1) is 13.2. The predicted octanol–water partition coefficient (Wildman–Crippen LogP) is 2.73. The summed E-state index contributed by atoms with van der Waals surface area (Å²) in [5, 5.41) is 3.03. The van der Waals surface area contributed by atoms with Gasteiger partial charge in [0, 0.05) is 19.6 Å². The maximum absolute atomic E-state index is 12.6. The maximum Gasteiger partial charge on any atom is 0.241 e. The van der Waals surface area contributed by atoms with E-state index in [2.05, 4.69) is 10.2 Å². The Labute approximate surface area is 184 Å². The number of carbonyl (C=O) groups excluding carboxylic acids is 1. The third-order valence-electron chi connectivity index (χ3n) is 4.90. The van der Waals surface area contributed by atoms with E-state index in [1.165, 1.54) is 0 Å². The average Bonchev–Trinajstić information content (AvgIpc) is 2.75. The molecular formula is C21H29Cl2N3O3. The number of morpholine rings is 1. The maximum atomic E-state index is 12.6. The Morgan fingerprint density at radius 2 is 1.69 bits per heavy atom. The number of benzene rings is 2. The van der Waals surface area contributed by atoms with Gasteiger partial charge in [0.05, 0.1) is 26.4 Å². The number of hydrogen-bond donors (Lipinski definition) is 2. The zero-order valence-electron chi connectivity index (χ0n) is 16.5. The SMILES string of the molecule is COc1ccc(C(CNC(=O)C(N)c2ccccc2)N2CCOCC2)cc1.Cl.Cl. The van der Waals surface area contributed by atoms with Crippen molar-refractivity contribution in [1.29, 1.82) is 0 Å².